The summed E-state index contributed by atoms with van der Waals surface area (Å²) >= 11 is 0. The second-order valence-electron chi connectivity index (χ2n) is 8.67. The fraction of sp³-hybridized carbons (Fsp3) is 0.440. The van der Waals surface area contributed by atoms with Gasteiger partial charge in [0.1, 0.15) is 29.0 Å². The van der Waals surface area contributed by atoms with Crippen LogP contribution in [0.4, 0.5) is 39.5 Å². The van der Waals surface area contributed by atoms with E-state index in [9.17, 15) is 39.5 Å². The van der Waals surface area contributed by atoms with Gasteiger partial charge in [0.15, 0.2) is 0 Å². The lowest BCUT2D eigenvalue weighted by atomic mass is 9.79. The summed E-state index contributed by atoms with van der Waals surface area (Å²) in [5.74, 6) is -3.81. The maximum Gasteiger partial charge on any atom is 0.458 e. The molecule has 1 fully saturated rings. The van der Waals surface area contributed by atoms with Gasteiger partial charge in [-0.1, -0.05) is 25.7 Å². The van der Waals surface area contributed by atoms with Gasteiger partial charge >= 0.3 is 12.3 Å². The summed E-state index contributed by atoms with van der Waals surface area (Å²) in [6, 6.07) is 2.78. The first kappa shape index (κ1) is 26.8. The molecular formula is C25H21F9O. The Kier molecular flexibility index (Phi) is 7.97. The van der Waals surface area contributed by atoms with Crippen molar-refractivity contribution in [1.29, 1.82) is 0 Å². The van der Waals surface area contributed by atoms with Crippen LogP contribution in [0.25, 0.3) is 0 Å². The zero-order valence-corrected chi connectivity index (χ0v) is 18.5. The number of ether oxygens (including phenoxy) is 1. The normalized spacial score (nSPS) is 18.7. The monoisotopic (exact) mass is 508 g/mol. The second-order valence-corrected chi connectivity index (χ2v) is 8.67. The molecule has 0 atom stereocenters. The van der Waals surface area contributed by atoms with Crippen LogP contribution in [0.1, 0.15) is 61.6 Å². The lowest BCUT2D eigenvalue weighted by Gasteiger charge is -2.27. The molecule has 0 bridgehead atoms. The predicted molar refractivity (Wildman–Crippen MR) is 110 cm³/mol. The van der Waals surface area contributed by atoms with Gasteiger partial charge in [-0.15, -0.1) is 0 Å². The maximum absolute atomic E-state index is 14.5. The third kappa shape index (κ3) is 7.33. The van der Waals surface area contributed by atoms with Crippen LogP contribution in [0, 0.1) is 41.0 Å². The molecule has 0 radical (unpaired) electrons. The Morgan fingerprint density at radius 1 is 0.829 bits per heavy atom. The average molecular weight is 508 g/mol. The number of hydrogen-bond donors (Lipinski definition) is 0. The minimum Gasteiger partial charge on any atom is -0.432 e. The Bertz CT molecular complexity index is 1070. The number of hydrogen-bond acceptors (Lipinski definition) is 1. The highest BCUT2D eigenvalue weighted by atomic mass is 19.4. The van der Waals surface area contributed by atoms with Crippen LogP contribution >= 0.6 is 0 Å². The van der Waals surface area contributed by atoms with Gasteiger partial charge in [-0.25, -0.2) is 17.6 Å². The van der Waals surface area contributed by atoms with Crippen LogP contribution in [0.3, 0.4) is 0 Å². The lowest BCUT2D eigenvalue weighted by molar-refractivity contribution is -0.180. The summed E-state index contributed by atoms with van der Waals surface area (Å²) in [5.41, 5.74) is -1.37. The number of alkyl halides is 5. The summed E-state index contributed by atoms with van der Waals surface area (Å²) in [6.45, 7) is 2.10. The maximum atomic E-state index is 14.5. The van der Waals surface area contributed by atoms with Crippen LogP contribution in [0.15, 0.2) is 24.3 Å². The molecule has 0 N–H and O–H groups in total. The molecule has 0 unspecified atom stereocenters. The molecule has 1 aliphatic carbocycles. The number of rotatable bonds is 6. The molecule has 2 aromatic rings. The fourth-order valence-corrected chi connectivity index (χ4v) is 4.05. The van der Waals surface area contributed by atoms with Crippen molar-refractivity contribution in [3.8, 4) is 17.6 Å². The summed E-state index contributed by atoms with van der Waals surface area (Å²) in [5, 5.41) is 0. The van der Waals surface area contributed by atoms with E-state index >= 15 is 0 Å². The van der Waals surface area contributed by atoms with E-state index in [1.807, 2.05) is 0 Å². The van der Waals surface area contributed by atoms with E-state index in [1.165, 1.54) is 5.92 Å². The van der Waals surface area contributed by atoms with Crippen molar-refractivity contribution < 1.29 is 44.3 Å². The van der Waals surface area contributed by atoms with Crippen molar-refractivity contribution in [2.24, 2.45) is 5.92 Å². The van der Waals surface area contributed by atoms with Crippen LogP contribution in [0.5, 0.6) is 5.75 Å². The Labute approximate surface area is 196 Å². The highest BCUT2D eigenvalue weighted by molar-refractivity contribution is 5.42. The van der Waals surface area contributed by atoms with E-state index in [2.05, 4.69) is 11.7 Å². The first-order chi connectivity index (χ1) is 16.2. The standard InChI is InChI=1S/C25H21F9O/c1-14-2-4-15(5-3-14)16-10-20(26)19(21(27)11-16)7-9-25(33,34)35-17-12-22(28)18(23(29)13-17)6-8-24(30,31)32/h10-15H,2-5,7,9H2,1H3. The van der Waals surface area contributed by atoms with Gasteiger partial charge in [0.25, 0.3) is 0 Å². The Balaban J connectivity index is 1.69. The smallest absolute Gasteiger partial charge is 0.432 e. The molecule has 1 saturated carbocycles. The van der Waals surface area contributed by atoms with Crippen LogP contribution < -0.4 is 4.74 Å². The summed E-state index contributed by atoms with van der Waals surface area (Å²) in [4.78, 5) is 0. The van der Waals surface area contributed by atoms with E-state index in [1.54, 1.807) is 0 Å². The third-order valence-corrected chi connectivity index (χ3v) is 5.93. The zero-order valence-electron chi connectivity index (χ0n) is 18.5. The quantitative estimate of drug-likeness (QED) is 0.283. The van der Waals surface area contributed by atoms with Gasteiger partial charge in [-0.3, -0.25) is 0 Å². The van der Waals surface area contributed by atoms with Crippen molar-refractivity contribution in [3.63, 3.8) is 0 Å². The fourth-order valence-electron chi connectivity index (χ4n) is 4.05. The molecule has 35 heavy (non-hydrogen) atoms. The van der Waals surface area contributed by atoms with Crippen molar-refractivity contribution in [1.82, 2.24) is 0 Å². The van der Waals surface area contributed by atoms with Crippen LogP contribution in [0.2, 0.25) is 0 Å². The predicted octanol–water partition coefficient (Wildman–Crippen LogP) is 8.05. The Morgan fingerprint density at radius 3 is 1.89 bits per heavy atom. The number of benzene rings is 2. The molecule has 2 aromatic carbocycles. The summed E-state index contributed by atoms with van der Waals surface area (Å²) < 4.78 is 126. The van der Waals surface area contributed by atoms with Crippen molar-refractivity contribution in [3.05, 3.63) is 64.2 Å². The molecular weight excluding hydrogens is 487 g/mol. The van der Waals surface area contributed by atoms with E-state index < -0.39 is 65.3 Å². The molecule has 1 nitrogen and oxygen atoms in total. The summed E-state index contributed by atoms with van der Waals surface area (Å²) in [6.07, 6.45) is -7.69. The average Bonchev–Trinajstić information content (AvgIpc) is 2.71. The van der Waals surface area contributed by atoms with E-state index in [4.69, 9.17) is 0 Å². The third-order valence-electron chi connectivity index (χ3n) is 5.93. The molecule has 0 amide bonds. The second kappa shape index (κ2) is 10.4. The van der Waals surface area contributed by atoms with Gasteiger partial charge < -0.3 is 4.74 Å². The largest absolute Gasteiger partial charge is 0.458 e. The first-order valence-corrected chi connectivity index (χ1v) is 10.9. The SMILES string of the molecule is CC1CCC(c2cc(F)c(CCC(F)(F)Oc3cc(F)c(C#CC(F)(F)F)c(F)c3)c(F)c2)CC1. The molecule has 3 rings (SSSR count). The molecule has 0 spiro atoms. The topological polar surface area (TPSA) is 9.23 Å². The molecule has 1 aliphatic rings. The van der Waals surface area contributed by atoms with Gasteiger partial charge in [0.2, 0.25) is 0 Å². The lowest BCUT2D eigenvalue weighted by Crippen LogP contribution is -2.26. The van der Waals surface area contributed by atoms with Gasteiger partial charge in [0, 0.05) is 23.6 Å². The zero-order chi connectivity index (χ0) is 26.0. The Hall–Kier alpha value is -2.83. The number of halogens is 9. The molecule has 190 valence electrons. The van der Waals surface area contributed by atoms with Crippen LogP contribution in [-0.2, 0) is 6.42 Å². The van der Waals surface area contributed by atoms with Crippen molar-refractivity contribution in [2.45, 2.75) is 63.7 Å². The van der Waals surface area contributed by atoms with Gasteiger partial charge in [-0.05, 0) is 48.8 Å². The Morgan fingerprint density at radius 2 is 1.37 bits per heavy atom. The van der Waals surface area contributed by atoms with Gasteiger partial charge in [-0.2, -0.15) is 22.0 Å². The molecule has 10 heteroatoms. The van der Waals surface area contributed by atoms with E-state index in [-0.39, 0.29) is 18.1 Å². The molecule has 0 aliphatic heterocycles. The van der Waals surface area contributed by atoms with Crippen molar-refractivity contribution >= 4 is 0 Å². The first-order valence-electron chi connectivity index (χ1n) is 10.9. The molecule has 0 heterocycles. The summed E-state index contributed by atoms with van der Waals surface area (Å²) in [7, 11) is 0. The minimum absolute atomic E-state index is 0.0115. The highest BCUT2D eigenvalue weighted by Gasteiger charge is 2.33. The van der Waals surface area contributed by atoms with Crippen LogP contribution in [-0.4, -0.2) is 12.3 Å². The molecule has 0 aromatic heterocycles. The minimum atomic E-state index is -5.02. The highest BCUT2D eigenvalue weighted by Crippen LogP contribution is 2.37. The molecule has 0 saturated heterocycles. The van der Waals surface area contributed by atoms with Gasteiger partial charge in [0.05, 0.1) is 12.0 Å². The van der Waals surface area contributed by atoms with E-state index in [0.717, 1.165) is 37.8 Å². The van der Waals surface area contributed by atoms with Crippen molar-refractivity contribution in [2.75, 3.05) is 0 Å². The van der Waals surface area contributed by atoms with E-state index in [0.29, 0.717) is 17.4 Å².